The van der Waals surface area contributed by atoms with E-state index in [1.54, 1.807) is 10.9 Å². The molecule has 1 atom stereocenters. The number of hydrogen-bond donors (Lipinski definition) is 1. The van der Waals surface area contributed by atoms with Gasteiger partial charge in [0.25, 0.3) is 0 Å². The highest BCUT2D eigenvalue weighted by Crippen LogP contribution is 2.17. The number of unbranched alkanes of at least 4 members (excludes halogenated alkanes) is 1. The maximum absolute atomic E-state index is 9.72. The molecule has 1 aromatic rings. The standard InChI is InChI=1S/C10H16N2O/c1-3-4-5-6-10(13)9-7-8-11-12(9)2/h3,7-8,10,13H,1,4-6H2,2H3. The molecule has 3 nitrogen and oxygen atoms in total. The van der Waals surface area contributed by atoms with Crippen LogP contribution in [-0.2, 0) is 7.05 Å². The molecule has 13 heavy (non-hydrogen) atoms. The van der Waals surface area contributed by atoms with Gasteiger partial charge in [-0.1, -0.05) is 6.08 Å². The molecule has 0 amide bonds. The van der Waals surface area contributed by atoms with Crippen LogP contribution in [0.2, 0.25) is 0 Å². The molecule has 0 aromatic carbocycles. The fourth-order valence-corrected chi connectivity index (χ4v) is 1.31. The Bertz CT molecular complexity index is 268. The fourth-order valence-electron chi connectivity index (χ4n) is 1.31. The summed E-state index contributed by atoms with van der Waals surface area (Å²) in [6.45, 7) is 3.64. The van der Waals surface area contributed by atoms with E-state index in [0.29, 0.717) is 0 Å². The van der Waals surface area contributed by atoms with Crippen LogP contribution < -0.4 is 0 Å². The average molecular weight is 180 g/mol. The molecule has 0 aliphatic carbocycles. The monoisotopic (exact) mass is 180 g/mol. The van der Waals surface area contributed by atoms with Gasteiger partial charge in [-0.05, 0) is 25.3 Å². The zero-order valence-electron chi connectivity index (χ0n) is 7.98. The van der Waals surface area contributed by atoms with E-state index in [2.05, 4.69) is 11.7 Å². The number of allylic oxidation sites excluding steroid dienone is 1. The highest BCUT2D eigenvalue weighted by Gasteiger charge is 2.09. The third-order valence-corrected chi connectivity index (χ3v) is 2.09. The minimum atomic E-state index is -0.396. The van der Waals surface area contributed by atoms with Gasteiger partial charge in [0.1, 0.15) is 0 Å². The molecule has 1 heterocycles. The summed E-state index contributed by atoms with van der Waals surface area (Å²) in [7, 11) is 1.84. The molecule has 3 heteroatoms. The van der Waals surface area contributed by atoms with E-state index in [-0.39, 0.29) is 0 Å². The highest BCUT2D eigenvalue weighted by molar-refractivity contribution is 5.03. The van der Waals surface area contributed by atoms with Crippen LogP contribution in [0.5, 0.6) is 0 Å². The van der Waals surface area contributed by atoms with Crippen LogP contribution in [0.3, 0.4) is 0 Å². The van der Waals surface area contributed by atoms with Crippen LogP contribution in [0.4, 0.5) is 0 Å². The van der Waals surface area contributed by atoms with Gasteiger partial charge in [-0.2, -0.15) is 5.10 Å². The third kappa shape index (κ3) is 2.70. The lowest BCUT2D eigenvalue weighted by Crippen LogP contribution is -2.04. The lowest BCUT2D eigenvalue weighted by molar-refractivity contribution is 0.155. The van der Waals surface area contributed by atoms with E-state index in [0.717, 1.165) is 25.0 Å². The quantitative estimate of drug-likeness (QED) is 0.554. The molecule has 72 valence electrons. The van der Waals surface area contributed by atoms with Crippen LogP contribution in [0.25, 0.3) is 0 Å². The topological polar surface area (TPSA) is 38.1 Å². The van der Waals surface area contributed by atoms with Crippen molar-refractivity contribution < 1.29 is 5.11 Å². The summed E-state index contributed by atoms with van der Waals surface area (Å²) in [5, 5.41) is 13.7. The number of aromatic nitrogens is 2. The Balaban J connectivity index is 2.44. The summed E-state index contributed by atoms with van der Waals surface area (Å²) in [5.41, 5.74) is 0.879. The van der Waals surface area contributed by atoms with Crippen molar-refractivity contribution in [2.75, 3.05) is 0 Å². The molecule has 1 rings (SSSR count). The minimum absolute atomic E-state index is 0.396. The molecule has 1 aromatic heterocycles. The van der Waals surface area contributed by atoms with Gasteiger partial charge in [-0.25, -0.2) is 0 Å². The summed E-state index contributed by atoms with van der Waals surface area (Å²) in [5.74, 6) is 0. The van der Waals surface area contributed by atoms with Gasteiger partial charge in [-0.3, -0.25) is 4.68 Å². The van der Waals surface area contributed by atoms with E-state index in [1.165, 1.54) is 0 Å². The van der Waals surface area contributed by atoms with E-state index < -0.39 is 6.10 Å². The van der Waals surface area contributed by atoms with Gasteiger partial charge >= 0.3 is 0 Å². The molecular formula is C10H16N2O. The molecule has 0 aliphatic rings. The molecule has 0 fully saturated rings. The maximum atomic E-state index is 9.72. The van der Waals surface area contributed by atoms with Crippen molar-refractivity contribution in [1.29, 1.82) is 0 Å². The van der Waals surface area contributed by atoms with Gasteiger partial charge < -0.3 is 5.11 Å². The Morgan fingerprint density at radius 1 is 1.77 bits per heavy atom. The van der Waals surface area contributed by atoms with Crippen LogP contribution >= 0.6 is 0 Å². The lowest BCUT2D eigenvalue weighted by Gasteiger charge is -2.09. The van der Waals surface area contributed by atoms with Crippen molar-refractivity contribution in [2.24, 2.45) is 7.05 Å². The Hall–Kier alpha value is -1.09. The Morgan fingerprint density at radius 3 is 3.08 bits per heavy atom. The van der Waals surface area contributed by atoms with Crippen LogP contribution in [0.1, 0.15) is 31.1 Å². The number of rotatable bonds is 5. The second kappa shape index (κ2) is 4.82. The van der Waals surface area contributed by atoms with E-state index in [4.69, 9.17) is 0 Å². The molecule has 0 radical (unpaired) electrons. The van der Waals surface area contributed by atoms with Crippen molar-refractivity contribution >= 4 is 0 Å². The first-order chi connectivity index (χ1) is 6.25. The van der Waals surface area contributed by atoms with Gasteiger partial charge in [-0.15, -0.1) is 6.58 Å². The molecular weight excluding hydrogens is 164 g/mol. The molecule has 0 aliphatic heterocycles. The molecule has 0 saturated heterocycles. The number of aliphatic hydroxyl groups is 1. The zero-order chi connectivity index (χ0) is 9.68. The molecule has 1 unspecified atom stereocenters. The average Bonchev–Trinajstić information content (AvgIpc) is 2.52. The lowest BCUT2D eigenvalue weighted by atomic mass is 10.1. The van der Waals surface area contributed by atoms with Gasteiger partial charge in [0.05, 0.1) is 11.8 Å². The molecule has 0 bridgehead atoms. The molecule has 0 saturated carbocycles. The van der Waals surface area contributed by atoms with Crippen LogP contribution in [0.15, 0.2) is 24.9 Å². The van der Waals surface area contributed by atoms with E-state index in [9.17, 15) is 5.11 Å². The number of nitrogens with zero attached hydrogens (tertiary/aromatic N) is 2. The largest absolute Gasteiger partial charge is 0.387 e. The summed E-state index contributed by atoms with van der Waals surface area (Å²) in [6.07, 6.45) is 5.87. The van der Waals surface area contributed by atoms with Crippen molar-refractivity contribution in [3.8, 4) is 0 Å². The van der Waals surface area contributed by atoms with Gasteiger partial charge in [0.15, 0.2) is 0 Å². The van der Waals surface area contributed by atoms with Crippen LogP contribution in [0, 0.1) is 0 Å². The van der Waals surface area contributed by atoms with Crippen molar-refractivity contribution in [1.82, 2.24) is 9.78 Å². The third-order valence-electron chi connectivity index (χ3n) is 2.09. The van der Waals surface area contributed by atoms with Crippen molar-refractivity contribution in [3.05, 3.63) is 30.6 Å². The molecule has 0 spiro atoms. The van der Waals surface area contributed by atoms with Gasteiger partial charge in [0, 0.05) is 13.2 Å². The summed E-state index contributed by atoms with van der Waals surface area (Å²) in [6, 6.07) is 1.85. The van der Waals surface area contributed by atoms with Gasteiger partial charge in [0.2, 0.25) is 0 Å². The number of hydrogen-bond acceptors (Lipinski definition) is 2. The summed E-state index contributed by atoms with van der Waals surface area (Å²) in [4.78, 5) is 0. The zero-order valence-corrected chi connectivity index (χ0v) is 7.98. The second-order valence-electron chi connectivity index (χ2n) is 3.12. The predicted octanol–water partition coefficient (Wildman–Crippen LogP) is 1.81. The normalized spacial score (nSPS) is 12.8. The smallest absolute Gasteiger partial charge is 0.0956 e. The summed E-state index contributed by atoms with van der Waals surface area (Å²) < 4.78 is 1.71. The van der Waals surface area contributed by atoms with Crippen LogP contribution in [-0.4, -0.2) is 14.9 Å². The SMILES string of the molecule is C=CCCCC(O)c1ccnn1C. The fraction of sp³-hybridized carbons (Fsp3) is 0.500. The first-order valence-electron chi connectivity index (χ1n) is 4.52. The Labute approximate surface area is 78.7 Å². The maximum Gasteiger partial charge on any atom is 0.0956 e. The highest BCUT2D eigenvalue weighted by atomic mass is 16.3. The number of aryl methyl sites for hydroxylation is 1. The van der Waals surface area contributed by atoms with Crippen molar-refractivity contribution in [3.63, 3.8) is 0 Å². The first-order valence-corrected chi connectivity index (χ1v) is 4.52. The predicted molar refractivity (Wildman–Crippen MR) is 52.2 cm³/mol. The number of aliphatic hydroxyl groups excluding tert-OH is 1. The first kappa shape index (κ1) is 9.99. The van der Waals surface area contributed by atoms with Crippen molar-refractivity contribution in [2.45, 2.75) is 25.4 Å². The van der Waals surface area contributed by atoms with E-state index >= 15 is 0 Å². The molecule has 1 N–H and O–H groups in total. The second-order valence-corrected chi connectivity index (χ2v) is 3.12. The Kier molecular flexibility index (Phi) is 3.71. The van der Waals surface area contributed by atoms with E-state index in [1.807, 2.05) is 19.2 Å². The minimum Gasteiger partial charge on any atom is -0.387 e. The summed E-state index contributed by atoms with van der Waals surface area (Å²) >= 11 is 0. The Morgan fingerprint density at radius 2 is 2.54 bits per heavy atom.